The predicted octanol–water partition coefficient (Wildman–Crippen LogP) is 2.39. The fraction of sp³-hybridized carbons (Fsp3) is 0.588. The van der Waals surface area contributed by atoms with Gasteiger partial charge in [-0.1, -0.05) is 12.5 Å². The van der Waals surface area contributed by atoms with Crippen LogP contribution in [0.15, 0.2) is 18.2 Å². The van der Waals surface area contributed by atoms with Crippen LogP contribution >= 0.6 is 12.4 Å². The molecule has 126 valence electrons. The number of carbonyl (C=O) groups is 1. The van der Waals surface area contributed by atoms with Gasteiger partial charge in [-0.2, -0.15) is 0 Å². The Kier molecular flexibility index (Phi) is 4.38. The van der Waals surface area contributed by atoms with E-state index in [1.165, 1.54) is 6.07 Å². The molecule has 0 unspecified atom stereocenters. The molecule has 1 saturated heterocycles. The topological polar surface area (TPSA) is 41.6 Å². The van der Waals surface area contributed by atoms with Crippen LogP contribution in [-0.4, -0.2) is 37.7 Å². The SMILES string of the molecule is C[C@H]1OCCN[C@@H]1C(=O)N1CC2(CCC2)c2c(F)cccc21.Cl. The number of carbonyl (C=O) groups excluding carboxylic acids is 1. The lowest BCUT2D eigenvalue weighted by molar-refractivity contribution is -0.126. The van der Waals surface area contributed by atoms with Crippen molar-refractivity contribution in [2.24, 2.45) is 0 Å². The minimum absolute atomic E-state index is 0. The van der Waals surface area contributed by atoms with Crippen LogP contribution in [0.3, 0.4) is 0 Å². The van der Waals surface area contributed by atoms with Gasteiger partial charge in [0.1, 0.15) is 11.9 Å². The largest absolute Gasteiger partial charge is 0.375 e. The van der Waals surface area contributed by atoms with E-state index in [0.717, 1.165) is 30.5 Å². The first-order valence-electron chi connectivity index (χ1n) is 8.08. The number of halogens is 2. The summed E-state index contributed by atoms with van der Waals surface area (Å²) >= 11 is 0. The molecule has 2 heterocycles. The van der Waals surface area contributed by atoms with Gasteiger partial charge in [-0.05, 0) is 31.9 Å². The number of benzene rings is 1. The van der Waals surface area contributed by atoms with Gasteiger partial charge in [0.2, 0.25) is 5.91 Å². The van der Waals surface area contributed by atoms with Gasteiger partial charge in [-0.15, -0.1) is 12.4 Å². The van der Waals surface area contributed by atoms with Crippen molar-refractivity contribution in [3.8, 4) is 0 Å². The molecule has 2 aliphatic heterocycles. The molecule has 1 saturated carbocycles. The molecule has 4 nitrogen and oxygen atoms in total. The zero-order valence-electron chi connectivity index (χ0n) is 13.2. The molecule has 1 aromatic carbocycles. The van der Waals surface area contributed by atoms with Gasteiger partial charge in [0.15, 0.2) is 0 Å². The lowest BCUT2D eigenvalue weighted by Crippen LogP contribution is -2.57. The van der Waals surface area contributed by atoms with Gasteiger partial charge < -0.3 is 15.0 Å². The van der Waals surface area contributed by atoms with Crippen molar-refractivity contribution >= 4 is 24.0 Å². The van der Waals surface area contributed by atoms with Gasteiger partial charge >= 0.3 is 0 Å². The monoisotopic (exact) mass is 340 g/mol. The standard InChI is InChI=1S/C17H21FN2O2.ClH/c1-11-15(19-8-9-22-11)16(21)20-10-17(6-3-7-17)14-12(18)4-2-5-13(14)20;/h2,4-5,11,15,19H,3,6-10H2,1H3;1H/t11-,15+;/m1./s1. The van der Waals surface area contributed by atoms with Crippen molar-refractivity contribution in [3.05, 3.63) is 29.6 Å². The van der Waals surface area contributed by atoms with E-state index >= 15 is 0 Å². The second-order valence-electron chi connectivity index (χ2n) is 6.70. The number of rotatable bonds is 1. The fourth-order valence-electron chi connectivity index (χ4n) is 4.12. The van der Waals surface area contributed by atoms with E-state index in [1.807, 2.05) is 13.0 Å². The average molecular weight is 341 g/mol. The number of nitrogens with one attached hydrogen (secondary N) is 1. The zero-order valence-corrected chi connectivity index (χ0v) is 14.0. The molecule has 0 bridgehead atoms. The van der Waals surface area contributed by atoms with E-state index in [1.54, 1.807) is 11.0 Å². The third-order valence-electron chi connectivity index (χ3n) is 5.43. The molecule has 1 N–H and O–H groups in total. The molecule has 1 spiro atoms. The third kappa shape index (κ3) is 2.46. The van der Waals surface area contributed by atoms with Crippen LogP contribution in [0, 0.1) is 5.82 Å². The highest BCUT2D eigenvalue weighted by atomic mass is 35.5. The van der Waals surface area contributed by atoms with E-state index in [0.29, 0.717) is 19.7 Å². The van der Waals surface area contributed by atoms with Crippen LogP contribution in [-0.2, 0) is 14.9 Å². The fourth-order valence-corrected chi connectivity index (χ4v) is 4.12. The summed E-state index contributed by atoms with van der Waals surface area (Å²) in [5, 5.41) is 3.24. The van der Waals surface area contributed by atoms with Crippen molar-refractivity contribution in [2.45, 2.75) is 43.7 Å². The van der Waals surface area contributed by atoms with Gasteiger partial charge in [0, 0.05) is 24.1 Å². The summed E-state index contributed by atoms with van der Waals surface area (Å²) in [5.74, 6) is -0.170. The highest BCUT2D eigenvalue weighted by Gasteiger charge is 2.51. The summed E-state index contributed by atoms with van der Waals surface area (Å²) < 4.78 is 20.0. The van der Waals surface area contributed by atoms with Crippen molar-refractivity contribution in [3.63, 3.8) is 0 Å². The van der Waals surface area contributed by atoms with Crippen LogP contribution in [0.4, 0.5) is 10.1 Å². The quantitative estimate of drug-likeness (QED) is 0.853. The number of amides is 1. The summed E-state index contributed by atoms with van der Waals surface area (Å²) in [4.78, 5) is 14.8. The molecule has 0 aromatic heterocycles. The first-order valence-corrected chi connectivity index (χ1v) is 8.08. The van der Waals surface area contributed by atoms with Crippen LogP contribution in [0.25, 0.3) is 0 Å². The summed E-state index contributed by atoms with van der Waals surface area (Å²) in [6, 6.07) is 4.73. The summed E-state index contributed by atoms with van der Waals surface area (Å²) in [7, 11) is 0. The number of morpholine rings is 1. The van der Waals surface area contributed by atoms with Gasteiger partial charge in [0.25, 0.3) is 0 Å². The Hall–Kier alpha value is -1.17. The predicted molar refractivity (Wildman–Crippen MR) is 88.7 cm³/mol. The van der Waals surface area contributed by atoms with E-state index < -0.39 is 0 Å². The van der Waals surface area contributed by atoms with E-state index in [4.69, 9.17) is 4.74 Å². The number of hydrogen-bond acceptors (Lipinski definition) is 3. The van der Waals surface area contributed by atoms with E-state index in [9.17, 15) is 9.18 Å². The van der Waals surface area contributed by atoms with Crippen LogP contribution < -0.4 is 10.2 Å². The maximum absolute atomic E-state index is 14.4. The second-order valence-corrected chi connectivity index (χ2v) is 6.70. The number of fused-ring (bicyclic) bond motifs is 2. The first-order chi connectivity index (χ1) is 10.6. The molecular formula is C17H22ClFN2O2. The van der Waals surface area contributed by atoms with Gasteiger partial charge in [-0.3, -0.25) is 4.79 Å². The molecule has 23 heavy (non-hydrogen) atoms. The maximum atomic E-state index is 14.4. The maximum Gasteiger partial charge on any atom is 0.246 e. The highest BCUT2D eigenvalue weighted by molar-refractivity contribution is 6.00. The molecule has 1 aromatic rings. The minimum atomic E-state index is -0.347. The van der Waals surface area contributed by atoms with Crippen molar-refractivity contribution < 1.29 is 13.9 Å². The van der Waals surface area contributed by atoms with Crippen molar-refractivity contribution in [1.29, 1.82) is 0 Å². The molecule has 1 aliphatic carbocycles. The van der Waals surface area contributed by atoms with E-state index in [2.05, 4.69) is 5.32 Å². The zero-order chi connectivity index (χ0) is 15.3. The van der Waals surface area contributed by atoms with Gasteiger partial charge in [-0.25, -0.2) is 4.39 Å². The first kappa shape index (κ1) is 16.7. The Morgan fingerprint density at radius 1 is 1.43 bits per heavy atom. The lowest BCUT2D eigenvalue weighted by atomic mass is 9.65. The number of hydrogen-bond donors (Lipinski definition) is 1. The molecular weight excluding hydrogens is 319 g/mol. The highest BCUT2D eigenvalue weighted by Crippen LogP contribution is 2.53. The number of ether oxygens (including phenoxy) is 1. The summed E-state index contributed by atoms with van der Waals surface area (Å²) in [6.45, 7) is 3.82. The summed E-state index contributed by atoms with van der Waals surface area (Å²) in [6.07, 6.45) is 2.89. The number of nitrogens with zero attached hydrogens (tertiary/aromatic N) is 1. The molecule has 3 aliphatic rings. The Morgan fingerprint density at radius 3 is 2.87 bits per heavy atom. The molecule has 6 heteroatoms. The van der Waals surface area contributed by atoms with Crippen molar-refractivity contribution in [2.75, 3.05) is 24.6 Å². The Labute approximate surface area is 141 Å². The lowest BCUT2D eigenvalue weighted by Gasteiger charge is -2.39. The number of anilines is 1. The smallest absolute Gasteiger partial charge is 0.246 e. The third-order valence-corrected chi connectivity index (χ3v) is 5.43. The Balaban J connectivity index is 0.00000156. The molecule has 0 radical (unpaired) electrons. The van der Waals surface area contributed by atoms with Crippen molar-refractivity contribution in [1.82, 2.24) is 5.32 Å². The summed E-state index contributed by atoms with van der Waals surface area (Å²) in [5.41, 5.74) is 1.35. The molecule has 2 fully saturated rings. The minimum Gasteiger partial charge on any atom is -0.375 e. The Morgan fingerprint density at radius 2 is 2.22 bits per heavy atom. The second kappa shape index (κ2) is 6.04. The molecule has 4 rings (SSSR count). The molecule has 2 atom stereocenters. The molecule has 1 amide bonds. The van der Waals surface area contributed by atoms with Gasteiger partial charge in [0.05, 0.1) is 18.4 Å². The van der Waals surface area contributed by atoms with Crippen LogP contribution in [0.5, 0.6) is 0 Å². The Bertz CT molecular complexity index is 621. The normalized spacial score (nSPS) is 28.0. The van der Waals surface area contributed by atoms with Crippen LogP contribution in [0.1, 0.15) is 31.7 Å². The van der Waals surface area contributed by atoms with E-state index in [-0.39, 0.29) is 41.7 Å². The van der Waals surface area contributed by atoms with Crippen LogP contribution in [0.2, 0.25) is 0 Å². The average Bonchev–Trinajstić information content (AvgIpc) is 2.84.